The van der Waals surface area contributed by atoms with Crippen molar-refractivity contribution in [1.29, 1.82) is 0 Å². The highest BCUT2D eigenvalue weighted by molar-refractivity contribution is 6.46. The summed E-state index contributed by atoms with van der Waals surface area (Å²) in [6, 6.07) is 1.26. The monoisotopic (exact) mass is 298 g/mol. The number of aldehydes is 1. The SMILES string of the molecule is CCOC(=O)C(=O)c1c(Cl)cc(C=O)c2c1OCCO2. The molecule has 0 amide bonds. The summed E-state index contributed by atoms with van der Waals surface area (Å²) < 4.78 is 15.3. The fourth-order valence-electron chi connectivity index (χ4n) is 1.80. The molecule has 1 aromatic rings. The number of Topliss-reactive ketones (excluding diaryl/α,β-unsaturated/α-hetero) is 1. The lowest BCUT2D eigenvalue weighted by atomic mass is 10.0. The largest absolute Gasteiger partial charge is 0.485 e. The van der Waals surface area contributed by atoms with Crippen LogP contribution in [-0.2, 0) is 9.53 Å². The van der Waals surface area contributed by atoms with Crippen molar-refractivity contribution in [3.05, 3.63) is 22.2 Å². The molecule has 0 N–H and O–H groups in total. The van der Waals surface area contributed by atoms with Gasteiger partial charge in [-0.25, -0.2) is 4.79 Å². The summed E-state index contributed by atoms with van der Waals surface area (Å²) in [4.78, 5) is 34.6. The number of carbonyl (C=O) groups is 3. The molecule has 1 aromatic carbocycles. The molecule has 1 heterocycles. The molecule has 7 heteroatoms. The summed E-state index contributed by atoms with van der Waals surface area (Å²) in [6.45, 7) is 2.07. The van der Waals surface area contributed by atoms with Crippen molar-refractivity contribution >= 4 is 29.6 Å². The number of ether oxygens (including phenoxy) is 3. The third-order valence-electron chi connectivity index (χ3n) is 2.61. The Morgan fingerprint density at radius 2 is 2.00 bits per heavy atom. The Labute approximate surface area is 119 Å². The lowest BCUT2D eigenvalue weighted by Gasteiger charge is -2.22. The average molecular weight is 299 g/mol. The minimum absolute atomic E-state index is 0.00361. The van der Waals surface area contributed by atoms with Crippen molar-refractivity contribution < 1.29 is 28.6 Å². The molecule has 1 aliphatic rings. The number of ketones is 1. The minimum Gasteiger partial charge on any atom is -0.485 e. The van der Waals surface area contributed by atoms with Gasteiger partial charge >= 0.3 is 5.97 Å². The molecule has 0 spiro atoms. The van der Waals surface area contributed by atoms with E-state index in [9.17, 15) is 14.4 Å². The van der Waals surface area contributed by atoms with Crippen molar-refractivity contribution in [2.75, 3.05) is 19.8 Å². The summed E-state index contributed by atoms with van der Waals surface area (Å²) in [7, 11) is 0. The maximum atomic E-state index is 12.0. The average Bonchev–Trinajstić information content (AvgIpc) is 2.46. The Bertz CT molecular complexity index is 581. The molecule has 0 aromatic heterocycles. The predicted octanol–water partition coefficient (Wildman–Crippen LogP) is 1.67. The lowest BCUT2D eigenvalue weighted by Crippen LogP contribution is -2.23. The molecule has 0 aliphatic carbocycles. The van der Waals surface area contributed by atoms with E-state index in [0.717, 1.165) is 0 Å². The van der Waals surface area contributed by atoms with E-state index in [1.807, 2.05) is 0 Å². The van der Waals surface area contributed by atoms with E-state index >= 15 is 0 Å². The molecule has 20 heavy (non-hydrogen) atoms. The van der Waals surface area contributed by atoms with Crippen LogP contribution in [0.15, 0.2) is 6.07 Å². The van der Waals surface area contributed by atoms with Crippen LogP contribution in [0.3, 0.4) is 0 Å². The second kappa shape index (κ2) is 5.92. The summed E-state index contributed by atoms with van der Waals surface area (Å²) in [6.07, 6.45) is 0.540. The summed E-state index contributed by atoms with van der Waals surface area (Å²) in [5.74, 6) is -1.85. The molecule has 1 aliphatic heterocycles. The van der Waals surface area contributed by atoms with Gasteiger partial charge in [0, 0.05) is 0 Å². The maximum absolute atomic E-state index is 12.0. The number of fused-ring (bicyclic) bond motifs is 1. The first-order chi connectivity index (χ1) is 9.60. The van der Waals surface area contributed by atoms with Crippen LogP contribution in [0.1, 0.15) is 27.6 Å². The van der Waals surface area contributed by atoms with Gasteiger partial charge in [0.05, 0.1) is 22.8 Å². The van der Waals surface area contributed by atoms with Gasteiger partial charge in [-0.15, -0.1) is 0 Å². The topological polar surface area (TPSA) is 78.9 Å². The van der Waals surface area contributed by atoms with Crippen molar-refractivity contribution in [3.8, 4) is 11.5 Å². The quantitative estimate of drug-likeness (QED) is 0.364. The summed E-state index contributed by atoms with van der Waals surface area (Å²) in [5, 5.41) is -0.0607. The summed E-state index contributed by atoms with van der Waals surface area (Å²) >= 11 is 5.96. The highest BCUT2D eigenvalue weighted by Gasteiger charge is 2.31. The normalized spacial score (nSPS) is 12.7. The molecule has 106 valence electrons. The Balaban J connectivity index is 2.55. The molecule has 0 saturated heterocycles. The molecule has 0 unspecified atom stereocenters. The molecular weight excluding hydrogens is 288 g/mol. The van der Waals surface area contributed by atoms with Crippen LogP contribution < -0.4 is 9.47 Å². The van der Waals surface area contributed by atoms with Crippen LogP contribution in [0.25, 0.3) is 0 Å². The number of esters is 1. The van der Waals surface area contributed by atoms with Gasteiger partial charge in [0.15, 0.2) is 17.8 Å². The molecule has 0 radical (unpaired) electrons. The molecule has 6 nitrogen and oxygen atoms in total. The standard InChI is InChI=1S/C13H11ClO6/c1-2-18-13(17)10(16)9-8(14)5-7(6-15)11-12(9)20-4-3-19-11/h5-6H,2-4H2,1H3. The lowest BCUT2D eigenvalue weighted by molar-refractivity contribution is -0.137. The van der Waals surface area contributed by atoms with Gasteiger partial charge in [-0.3, -0.25) is 9.59 Å². The zero-order chi connectivity index (χ0) is 14.7. The Morgan fingerprint density at radius 3 is 2.60 bits per heavy atom. The molecule has 0 fully saturated rings. The molecule has 0 bridgehead atoms. The third-order valence-corrected chi connectivity index (χ3v) is 2.91. The first kappa shape index (κ1) is 14.3. The predicted molar refractivity (Wildman–Crippen MR) is 68.8 cm³/mol. The van der Waals surface area contributed by atoms with Crippen LogP contribution in [0.5, 0.6) is 11.5 Å². The van der Waals surface area contributed by atoms with Gasteiger partial charge in [0.25, 0.3) is 5.78 Å². The number of halogens is 1. The van der Waals surface area contributed by atoms with E-state index in [1.54, 1.807) is 6.92 Å². The van der Waals surface area contributed by atoms with Gasteiger partial charge in [0.2, 0.25) is 0 Å². The van der Waals surface area contributed by atoms with Crippen molar-refractivity contribution in [2.45, 2.75) is 6.92 Å². The minimum atomic E-state index is -1.04. The Morgan fingerprint density at radius 1 is 1.35 bits per heavy atom. The Kier molecular flexibility index (Phi) is 4.24. The van der Waals surface area contributed by atoms with E-state index in [4.69, 9.17) is 21.1 Å². The zero-order valence-electron chi connectivity index (χ0n) is 10.6. The smallest absolute Gasteiger partial charge is 0.379 e. The van der Waals surface area contributed by atoms with E-state index < -0.39 is 11.8 Å². The first-order valence-electron chi connectivity index (χ1n) is 5.88. The molecule has 2 rings (SSSR count). The number of benzene rings is 1. The fraction of sp³-hybridized carbons (Fsp3) is 0.308. The molecular formula is C13H11ClO6. The van der Waals surface area contributed by atoms with E-state index in [-0.39, 0.29) is 47.5 Å². The van der Waals surface area contributed by atoms with Gasteiger partial charge in [-0.2, -0.15) is 0 Å². The van der Waals surface area contributed by atoms with Crippen molar-refractivity contribution in [2.24, 2.45) is 0 Å². The molecule has 0 saturated carbocycles. The van der Waals surface area contributed by atoms with Gasteiger partial charge in [-0.05, 0) is 13.0 Å². The van der Waals surface area contributed by atoms with Crippen LogP contribution in [0.4, 0.5) is 0 Å². The van der Waals surface area contributed by atoms with Crippen molar-refractivity contribution in [3.63, 3.8) is 0 Å². The Hall–Kier alpha value is -2.08. The third kappa shape index (κ3) is 2.46. The highest BCUT2D eigenvalue weighted by atomic mass is 35.5. The van der Waals surface area contributed by atoms with Crippen LogP contribution in [-0.4, -0.2) is 37.9 Å². The first-order valence-corrected chi connectivity index (χ1v) is 6.26. The maximum Gasteiger partial charge on any atom is 0.379 e. The van der Waals surface area contributed by atoms with Crippen LogP contribution >= 0.6 is 11.6 Å². The number of rotatable bonds is 4. The van der Waals surface area contributed by atoms with Crippen LogP contribution in [0.2, 0.25) is 5.02 Å². The van der Waals surface area contributed by atoms with Gasteiger partial charge in [0.1, 0.15) is 13.2 Å². The van der Waals surface area contributed by atoms with Gasteiger partial charge < -0.3 is 14.2 Å². The summed E-state index contributed by atoms with van der Waals surface area (Å²) in [5.41, 5.74) is 0.00975. The molecule has 0 atom stereocenters. The number of hydrogen-bond acceptors (Lipinski definition) is 6. The van der Waals surface area contributed by atoms with E-state index in [2.05, 4.69) is 4.74 Å². The zero-order valence-corrected chi connectivity index (χ0v) is 11.4. The van der Waals surface area contributed by atoms with E-state index in [1.165, 1.54) is 6.07 Å². The second-order valence-corrected chi connectivity index (χ2v) is 4.25. The number of hydrogen-bond donors (Lipinski definition) is 0. The van der Waals surface area contributed by atoms with Crippen molar-refractivity contribution in [1.82, 2.24) is 0 Å². The van der Waals surface area contributed by atoms with Crippen LogP contribution in [0, 0.1) is 0 Å². The number of carbonyl (C=O) groups excluding carboxylic acids is 3. The van der Waals surface area contributed by atoms with Gasteiger partial charge in [-0.1, -0.05) is 11.6 Å². The fourth-order valence-corrected chi connectivity index (χ4v) is 2.09. The highest BCUT2D eigenvalue weighted by Crippen LogP contribution is 2.41. The van der Waals surface area contributed by atoms with E-state index in [0.29, 0.717) is 6.29 Å². The second-order valence-electron chi connectivity index (χ2n) is 3.85.